The summed E-state index contributed by atoms with van der Waals surface area (Å²) < 4.78 is 22.0. The molecule has 0 aliphatic rings. The third-order valence-corrected chi connectivity index (χ3v) is 5.19. The molecule has 0 spiro atoms. The predicted octanol–water partition coefficient (Wildman–Crippen LogP) is 5.88. The van der Waals surface area contributed by atoms with Gasteiger partial charge in [-0.3, -0.25) is 4.79 Å². The van der Waals surface area contributed by atoms with Crippen LogP contribution in [0.1, 0.15) is 53.0 Å². The van der Waals surface area contributed by atoms with Gasteiger partial charge in [0.25, 0.3) is 5.91 Å². The van der Waals surface area contributed by atoms with E-state index in [4.69, 9.17) is 18.9 Å². The van der Waals surface area contributed by atoms with E-state index in [0.717, 1.165) is 24.2 Å². The first-order chi connectivity index (χ1) is 17.0. The van der Waals surface area contributed by atoms with Gasteiger partial charge in [-0.05, 0) is 80.1 Å². The molecular formula is C28H31NO6. The van der Waals surface area contributed by atoms with Crippen LogP contribution in [-0.2, 0) is 11.3 Å². The smallest absolute Gasteiger partial charge is 0.338 e. The van der Waals surface area contributed by atoms with E-state index in [1.165, 1.54) is 0 Å². The van der Waals surface area contributed by atoms with Gasteiger partial charge in [0.2, 0.25) is 0 Å². The number of unbranched alkanes of at least 4 members (excludes halogenated alkanes) is 1. The summed E-state index contributed by atoms with van der Waals surface area (Å²) >= 11 is 0. The zero-order valence-electron chi connectivity index (χ0n) is 20.3. The molecule has 0 saturated carbocycles. The Labute approximate surface area is 206 Å². The number of ether oxygens (including phenoxy) is 4. The predicted molar refractivity (Wildman–Crippen MR) is 135 cm³/mol. The van der Waals surface area contributed by atoms with E-state index in [0.29, 0.717) is 41.5 Å². The van der Waals surface area contributed by atoms with E-state index in [1.807, 2.05) is 38.1 Å². The van der Waals surface area contributed by atoms with Crippen molar-refractivity contribution in [2.75, 3.05) is 25.6 Å². The highest BCUT2D eigenvalue weighted by Crippen LogP contribution is 2.24. The van der Waals surface area contributed by atoms with Crippen molar-refractivity contribution in [2.45, 2.75) is 33.3 Å². The summed E-state index contributed by atoms with van der Waals surface area (Å²) in [5, 5.41) is 2.86. The van der Waals surface area contributed by atoms with Crippen molar-refractivity contribution >= 4 is 17.6 Å². The maximum atomic E-state index is 12.9. The Kier molecular flexibility index (Phi) is 9.54. The first-order valence-corrected chi connectivity index (χ1v) is 11.6. The molecular weight excluding hydrogens is 446 g/mol. The second-order valence-electron chi connectivity index (χ2n) is 7.74. The van der Waals surface area contributed by atoms with Crippen LogP contribution in [-0.4, -0.2) is 32.2 Å². The van der Waals surface area contributed by atoms with Crippen LogP contribution in [0, 0.1) is 0 Å². The number of rotatable bonds is 12. The average Bonchev–Trinajstić information content (AvgIpc) is 2.89. The second kappa shape index (κ2) is 13.0. The molecule has 7 nitrogen and oxygen atoms in total. The molecule has 7 heteroatoms. The van der Waals surface area contributed by atoms with Crippen LogP contribution in [0.3, 0.4) is 0 Å². The summed E-state index contributed by atoms with van der Waals surface area (Å²) in [6, 6.07) is 19.1. The molecule has 1 amide bonds. The third-order valence-electron chi connectivity index (χ3n) is 5.19. The summed E-state index contributed by atoms with van der Waals surface area (Å²) in [5.74, 6) is 1.42. The highest BCUT2D eigenvalue weighted by molar-refractivity contribution is 6.04. The Morgan fingerprint density at radius 2 is 1.51 bits per heavy atom. The minimum absolute atomic E-state index is 0.234. The monoisotopic (exact) mass is 477 g/mol. The summed E-state index contributed by atoms with van der Waals surface area (Å²) in [6.45, 7) is 5.06. The molecule has 0 fully saturated rings. The van der Waals surface area contributed by atoms with Crippen molar-refractivity contribution in [1.82, 2.24) is 0 Å². The Balaban J connectivity index is 1.66. The molecule has 3 rings (SSSR count). The van der Waals surface area contributed by atoms with Crippen LogP contribution in [0.2, 0.25) is 0 Å². The fourth-order valence-corrected chi connectivity index (χ4v) is 3.25. The average molecular weight is 478 g/mol. The van der Waals surface area contributed by atoms with Gasteiger partial charge >= 0.3 is 5.97 Å². The number of benzene rings is 3. The van der Waals surface area contributed by atoms with Crippen LogP contribution >= 0.6 is 0 Å². The fraction of sp³-hybridized carbons (Fsp3) is 0.286. The SMILES string of the molecule is CCCCOC(=O)c1ccc(NC(=O)c2ccc(OCC)c(COc3ccc(OC)cc3)c2)cc1. The molecule has 0 atom stereocenters. The normalized spacial score (nSPS) is 10.4. The van der Waals surface area contributed by atoms with Crippen LogP contribution in [0.4, 0.5) is 5.69 Å². The molecule has 0 saturated heterocycles. The van der Waals surface area contributed by atoms with Gasteiger partial charge in [-0.1, -0.05) is 13.3 Å². The lowest BCUT2D eigenvalue weighted by atomic mass is 10.1. The minimum atomic E-state index is -0.371. The van der Waals surface area contributed by atoms with Crippen LogP contribution in [0.25, 0.3) is 0 Å². The number of methoxy groups -OCH3 is 1. The summed E-state index contributed by atoms with van der Waals surface area (Å²) in [6.07, 6.45) is 1.79. The molecule has 0 aliphatic heterocycles. The standard InChI is InChI=1S/C28H31NO6/c1-4-6-17-34-28(31)20-7-10-23(11-8-20)29-27(30)21-9-16-26(33-5-2)22(18-21)19-35-25-14-12-24(32-3)13-15-25/h7-16,18H,4-6,17,19H2,1-3H3,(H,29,30). The maximum Gasteiger partial charge on any atom is 0.338 e. The minimum Gasteiger partial charge on any atom is -0.497 e. The lowest BCUT2D eigenvalue weighted by molar-refractivity contribution is 0.0499. The van der Waals surface area contributed by atoms with Gasteiger partial charge < -0.3 is 24.3 Å². The number of carbonyl (C=O) groups is 2. The van der Waals surface area contributed by atoms with E-state index < -0.39 is 0 Å². The number of hydrogen-bond acceptors (Lipinski definition) is 6. The van der Waals surface area contributed by atoms with Crippen LogP contribution < -0.4 is 19.5 Å². The van der Waals surface area contributed by atoms with Crippen molar-refractivity contribution in [3.8, 4) is 17.2 Å². The number of nitrogens with one attached hydrogen (secondary N) is 1. The molecule has 3 aromatic carbocycles. The van der Waals surface area contributed by atoms with Crippen molar-refractivity contribution in [1.29, 1.82) is 0 Å². The molecule has 0 radical (unpaired) electrons. The first kappa shape index (κ1) is 25.6. The van der Waals surface area contributed by atoms with E-state index >= 15 is 0 Å². The highest BCUT2D eigenvalue weighted by Gasteiger charge is 2.13. The number of carbonyl (C=O) groups excluding carboxylic acids is 2. The van der Waals surface area contributed by atoms with E-state index in [2.05, 4.69) is 5.32 Å². The fourth-order valence-electron chi connectivity index (χ4n) is 3.25. The summed E-state index contributed by atoms with van der Waals surface area (Å²) in [7, 11) is 1.61. The molecule has 0 unspecified atom stereocenters. The van der Waals surface area contributed by atoms with Gasteiger partial charge in [0, 0.05) is 16.8 Å². The molecule has 184 valence electrons. The van der Waals surface area contributed by atoms with E-state index in [-0.39, 0.29) is 18.5 Å². The molecule has 1 N–H and O–H groups in total. The van der Waals surface area contributed by atoms with Crippen molar-refractivity contribution < 1.29 is 28.5 Å². The van der Waals surface area contributed by atoms with Crippen molar-refractivity contribution in [2.24, 2.45) is 0 Å². The third kappa shape index (κ3) is 7.50. The highest BCUT2D eigenvalue weighted by atomic mass is 16.5. The van der Waals surface area contributed by atoms with Gasteiger partial charge in [-0.15, -0.1) is 0 Å². The second-order valence-corrected chi connectivity index (χ2v) is 7.74. The molecule has 0 aliphatic carbocycles. The Hall–Kier alpha value is -4.00. The molecule has 35 heavy (non-hydrogen) atoms. The lowest BCUT2D eigenvalue weighted by Crippen LogP contribution is -2.13. The van der Waals surface area contributed by atoms with Crippen LogP contribution in [0.5, 0.6) is 17.2 Å². The zero-order valence-corrected chi connectivity index (χ0v) is 20.3. The van der Waals surface area contributed by atoms with Gasteiger partial charge in [0.05, 0.1) is 25.9 Å². The topological polar surface area (TPSA) is 83.1 Å². The molecule has 0 aromatic heterocycles. The van der Waals surface area contributed by atoms with Gasteiger partial charge in [0.1, 0.15) is 23.9 Å². The number of amides is 1. The number of hydrogen-bond donors (Lipinski definition) is 1. The quantitative estimate of drug-likeness (QED) is 0.259. The van der Waals surface area contributed by atoms with Crippen molar-refractivity contribution in [3.05, 3.63) is 83.4 Å². The maximum absolute atomic E-state index is 12.9. The van der Waals surface area contributed by atoms with Crippen molar-refractivity contribution in [3.63, 3.8) is 0 Å². The largest absolute Gasteiger partial charge is 0.497 e. The Bertz CT molecular complexity index is 1110. The Morgan fingerprint density at radius 1 is 0.829 bits per heavy atom. The summed E-state index contributed by atoms with van der Waals surface area (Å²) in [5.41, 5.74) is 2.23. The first-order valence-electron chi connectivity index (χ1n) is 11.6. The Morgan fingerprint density at radius 3 is 2.17 bits per heavy atom. The van der Waals surface area contributed by atoms with Crippen LogP contribution in [0.15, 0.2) is 66.7 Å². The summed E-state index contributed by atoms with van der Waals surface area (Å²) in [4.78, 5) is 24.9. The molecule has 0 bridgehead atoms. The van der Waals surface area contributed by atoms with E-state index in [1.54, 1.807) is 49.6 Å². The van der Waals surface area contributed by atoms with Gasteiger partial charge in [-0.25, -0.2) is 4.79 Å². The van der Waals surface area contributed by atoms with E-state index in [9.17, 15) is 9.59 Å². The number of anilines is 1. The zero-order chi connectivity index (χ0) is 25.0. The molecule has 0 heterocycles. The van der Waals surface area contributed by atoms with Gasteiger partial charge in [0.15, 0.2) is 0 Å². The number of esters is 1. The molecule has 3 aromatic rings. The van der Waals surface area contributed by atoms with Gasteiger partial charge in [-0.2, -0.15) is 0 Å². The lowest BCUT2D eigenvalue weighted by Gasteiger charge is -2.14.